The van der Waals surface area contributed by atoms with Crippen LogP contribution in [-0.4, -0.2) is 30.9 Å². The molecular weight excluding hydrogens is 462 g/mol. The molecule has 35 heavy (non-hydrogen) atoms. The Hall–Kier alpha value is -3.19. The number of ketones is 1. The Balaban J connectivity index is 1.54. The van der Waals surface area contributed by atoms with E-state index < -0.39 is 11.9 Å². The van der Waals surface area contributed by atoms with Crippen molar-refractivity contribution in [3.05, 3.63) is 80.3 Å². The van der Waals surface area contributed by atoms with Crippen LogP contribution in [0.4, 0.5) is 0 Å². The number of hydrogen-bond donors (Lipinski definition) is 1. The molecule has 1 N–H and O–H groups in total. The highest BCUT2D eigenvalue weighted by atomic mass is 32.1. The van der Waals surface area contributed by atoms with Crippen LogP contribution in [-0.2, 0) is 19.1 Å². The molecule has 6 nitrogen and oxygen atoms in total. The summed E-state index contributed by atoms with van der Waals surface area (Å²) in [6.45, 7) is 1.88. The number of ether oxygens (including phenoxy) is 2. The first-order valence-corrected chi connectivity index (χ1v) is 13.0. The first-order chi connectivity index (χ1) is 17.0. The Morgan fingerprint density at radius 3 is 2.43 bits per heavy atom. The van der Waals surface area contributed by atoms with E-state index in [1.165, 1.54) is 12.0 Å². The Morgan fingerprint density at radius 1 is 1.03 bits per heavy atom. The smallest absolute Gasteiger partial charge is 0.337 e. The second kappa shape index (κ2) is 9.82. The Bertz CT molecular complexity index is 1200. The monoisotopic (exact) mass is 491 g/mol. The van der Waals surface area contributed by atoms with Crippen LogP contribution < -0.4 is 5.32 Å². The maximum Gasteiger partial charge on any atom is 0.337 e. The molecule has 182 valence electrons. The largest absolute Gasteiger partial charge is 0.465 e. The number of allylic oxidation sites excluding steroid dienone is 3. The van der Waals surface area contributed by atoms with E-state index in [1.54, 1.807) is 23.5 Å². The highest BCUT2D eigenvalue weighted by Crippen LogP contribution is 2.46. The van der Waals surface area contributed by atoms with Gasteiger partial charge in [-0.15, -0.1) is 11.3 Å². The van der Waals surface area contributed by atoms with Gasteiger partial charge < -0.3 is 14.8 Å². The summed E-state index contributed by atoms with van der Waals surface area (Å²) in [5.74, 6) is -1.18. The van der Waals surface area contributed by atoms with Gasteiger partial charge in [-0.3, -0.25) is 4.79 Å². The summed E-state index contributed by atoms with van der Waals surface area (Å²) in [5, 5.41) is 5.44. The molecule has 0 spiro atoms. The Kier molecular flexibility index (Phi) is 6.60. The van der Waals surface area contributed by atoms with Crippen molar-refractivity contribution in [3.8, 4) is 0 Å². The molecule has 3 aliphatic rings. The van der Waals surface area contributed by atoms with Crippen molar-refractivity contribution < 1.29 is 23.9 Å². The lowest BCUT2D eigenvalue weighted by molar-refractivity contribution is -0.144. The van der Waals surface area contributed by atoms with Crippen LogP contribution >= 0.6 is 11.3 Å². The summed E-state index contributed by atoms with van der Waals surface area (Å²) in [5.41, 5.74) is 3.90. The fourth-order valence-corrected chi connectivity index (χ4v) is 6.35. The summed E-state index contributed by atoms with van der Waals surface area (Å²) in [6, 6.07) is 11.1. The molecule has 1 aliphatic heterocycles. The van der Waals surface area contributed by atoms with Crippen molar-refractivity contribution in [1.29, 1.82) is 0 Å². The average Bonchev–Trinajstić information content (AvgIpc) is 3.57. The van der Waals surface area contributed by atoms with E-state index in [2.05, 4.69) is 11.4 Å². The van der Waals surface area contributed by atoms with Crippen molar-refractivity contribution >= 4 is 29.1 Å². The summed E-state index contributed by atoms with van der Waals surface area (Å²) >= 11 is 1.67. The van der Waals surface area contributed by atoms with Gasteiger partial charge in [-0.1, -0.05) is 18.2 Å². The number of nitrogens with one attached hydrogen (secondary N) is 1. The minimum Gasteiger partial charge on any atom is -0.465 e. The molecule has 1 saturated carbocycles. The minimum absolute atomic E-state index is 0.0397. The lowest BCUT2D eigenvalue weighted by Crippen LogP contribution is -2.36. The molecule has 0 amide bonds. The standard InChI is InChI=1S/C28H29NO5S/c1-16-24(28(32)34-20-6-3-4-7-20)25(17-9-11-18(12-10-17)27(31)33-2)26-21(29-16)14-19(15-22(26)30)23-8-5-13-35-23/h5,8-13,19-20,25,29H,3-4,6-7,14-15H2,1-2H3/t19-,25+/m0/s1. The fraction of sp³-hybridized carbons (Fsp3) is 0.393. The van der Waals surface area contributed by atoms with E-state index in [0.29, 0.717) is 35.2 Å². The first kappa shape index (κ1) is 23.5. The maximum absolute atomic E-state index is 13.6. The molecule has 0 unspecified atom stereocenters. The molecule has 2 aromatic rings. The number of esters is 2. The third-order valence-electron chi connectivity index (χ3n) is 7.23. The van der Waals surface area contributed by atoms with Gasteiger partial charge in [-0.25, -0.2) is 9.59 Å². The number of carbonyl (C=O) groups is 3. The summed E-state index contributed by atoms with van der Waals surface area (Å²) in [7, 11) is 1.34. The molecule has 1 aromatic carbocycles. The third kappa shape index (κ3) is 4.57. The van der Waals surface area contributed by atoms with E-state index in [0.717, 1.165) is 36.9 Å². The zero-order valence-electron chi connectivity index (χ0n) is 20.0. The van der Waals surface area contributed by atoms with Crippen LogP contribution in [0.25, 0.3) is 0 Å². The van der Waals surface area contributed by atoms with Gasteiger partial charge in [0.2, 0.25) is 0 Å². The molecule has 2 heterocycles. The number of hydrogen-bond acceptors (Lipinski definition) is 7. The lowest BCUT2D eigenvalue weighted by Gasteiger charge is -2.36. The molecule has 1 fully saturated rings. The molecule has 5 rings (SSSR count). The fourth-order valence-electron chi connectivity index (χ4n) is 5.52. The summed E-state index contributed by atoms with van der Waals surface area (Å²) < 4.78 is 10.7. The van der Waals surface area contributed by atoms with Gasteiger partial charge in [-0.05, 0) is 68.2 Å². The molecule has 7 heteroatoms. The van der Waals surface area contributed by atoms with Crippen LogP contribution in [0.1, 0.15) is 78.1 Å². The van der Waals surface area contributed by atoms with E-state index in [9.17, 15) is 14.4 Å². The maximum atomic E-state index is 13.6. The lowest BCUT2D eigenvalue weighted by atomic mass is 9.72. The van der Waals surface area contributed by atoms with Gasteiger partial charge in [0.25, 0.3) is 0 Å². The van der Waals surface area contributed by atoms with Gasteiger partial charge in [0, 0.05) is 40.1 Å². The number of Topliss-reactive ketones (excluding diaryl/α,β-unsaturated/α-hetero) is 1. The van der Waals surface area contributed by atoms with Crippen molar-refractivity contribution in [2.45, 2.75) is 63.4 Å². The number of dihydropyridines is 1. The second-order valence-electron chi connectivity index (χ2n) is 9.46. The molecule has 0 bridgehead atoms. The molecule has 2 atom stereocenters. The van der Waals surface area contributed by atoms with Gasteiger partial charge in [0.15, 0.2) is 5.78 Å². The topological polar surface area (TPSA) is 81.7 Å². The van der Waals surface area contributed by atoms with Crippen LogP contribution in [0.15, 0.2) is 64.3 Å². The molecule has 2 aliphatic carbocycles. The van der Waals surface area contributed by atoms with Gasteiger partial charge in [-0.2, -0.15) is 0 Å². The highest BCUT2D eigenvalue weighted by molar-refractivity contribution is 7.10. The van der Waals surface area contributed by atoms with Crippen molar-refractivity contribution in [2.75, 3.05) is 7.11 Å². The molecule has 0 saturated heterocycles. The Labute approximate surface area is 209 Å². The number of methoxy groups -OCH3 is 1. The number of benzene rings is 1. The molecule has 0 radical (unpaired) electrons. The normalized spacial score (nSPS) is 22.6. The zero-order chi connectivity index (χ0) is 24.5. The minimum atomic E-state index is -0.538. The SMILES string of the molecule is COC(=O)c1ccc([C@@H]2C(C(=O)OC3CCCC3)=C(C)NC3=C2C(=O)C[C@@H](c2cccs2)C3)cc1. The molecular formula is C28H29NO5S. The average molecular weight is 492 g/mol. The van der Waals surface area contributed by atoms with Gasteiger partial charge in [0.1, 0.15) is 6.10 Å². The number of thiophene rings is 1. The van der Waals surface area contributed by atoms with Crippen molar-refractivity contribution in [2.24, 2.45) is 0 Å². The first-order valence-electron chi connectivity index (χ1n) is 12.1. The molecule has 1 aromatic heterocycles. The number of rotatable bonds is 5. The van der Waals surface area contributed by atoms with Crippen LogP contribution in [0.2, 0.25) is 0 Å². The third-order valence-corrected chi connectivity index (χ3v) is 8.27. The van der Waals surface area contributed by atoms with Crippen LogP contribution in [0, 0.1) is 0 Å². The van der Waals surface area contributed by atoms with E-state index in [4.69, 9.17) is 9.47 Å². The zero-order valence-corrected chi connectivity index (χ0v) is 20.8. The van der Waals surface area contributed by atoms with Gasteiger partial charge in [0.05, 0.1) is 18.2 Å². The van der Waals surface area contributed by atoms with E-state index in [-0.39, 0.29) is 23.8 Å². The number of carbonyl (C=O) groups excluding carboxylic acids is 3. The predicted octanol–water partition coefficient (Wildman–Crippen LogP) is 5.38. The van der Waals surface area contributed by atoms with Crippen LogP contribution in [0.3, 0.4) is 0 Å². The Morgan fingerprint density at radius 2 is 1.77 bits per heavy atom. The van der Waals surface area contributed by atoms with Gasteiger partial charge >= 0.3 is 11.9 Å². The predicted molar refractivity (Wildman–Crippen MR) is 133 cm³/mol. The van der Waals surface area contributed by atoms with E-state index >= 15 is 0 Å². The van der Waals surface area contributed by atoms with Crippen molar-refractivity contribution in [3.63, 3.8) is 0 Å². The second-order valence-corrected chi connectivity index (χ2v) is 10.4. The quantitative estimate of drug-likeness (QED) is 0.566. The van der Waals surface area contributed by atoms with Crippen LogP contribution in [0.5, 0.6) is 0 Å². The van der Waals surface area contributed by atoms with Crippen molar-refractivity contribution in [1.82, 2.24) is 5.32 Å². The highest BCUT2D eigenvalue weighted by Gasteiger charge is 2.42. The summed E-state index contributed by atoms with van der Waals surface area (Å²) in [6.07, 6.45) is 4.90. The summed E-state index contributed by atoms with van der Waals surface area (Å²) in [4.78, 5) is 40.3. The van der Waals surface area contributed by atoms with E-state index in [1.807, 2.05) is 30.5 Å².